The Bertz CT molecular complexity index is 527. The van der Waals surface area contributed by atoms with Gasteiger partial charge >= 0.3 is 0 Å². The van der Waals surface area contributed by atoms with E-state index in [1.165, 1.54) is 12.1 Å². The molecule has 1 heterocycles. The molecule has 0 spiro atoms. The second-order valence-electron chi connectivity index (χ2n) is 4.99. The second-order valence-corrected chi connectivity index (χ2v) is 4.99. The van der Waals surface area contributed by atoms with Gasteiger partial charge in [-0.05, 0) is 26.0 Å². The minimum absolute atomic E-state index is 0. The lowest BCUT2D eigenvalue weighted by Crippen LogP contribution is -2.30. The topological polar surface area (TPSA) is 100 Å². The highest BCUT2D eigenvalue weighted by atomic mass is 35.5. The average molecular weight is 347 g/mol. The third-order valence-electron chi connectivity index (χ3n) is 3.34. The number of aliphatic hydroxyl groups excluding tert-OH is 1. The molecular weight excluding hydrogens is 324 g/mol. The van der Waals surface area contributed by atoms with Crippen LogP contribution >= 0.6 is 12.4 Å². The van der Waals surface area contributed by atoms with Crippen molar-refractivity contribution in [2.75, 3.05) is 38.3 Å². The largest absolute Gasteiger partial charge is 0.508 e. The Morgan fingerprint density at radius 3 is 2.96 bits per heavy atom. The first-order valence-corrected chi connectivity index (χ1v) is 7.37. The van der Waals surface area contributed by atoms with Gasteiger partial charge in [-0.15, -0.1) is 12.4 Å². The van der Waals surface area contributed by atoms with Crippen molar-refractivity contribution in [2.45, 2.75) is 19.4 Å². The number of carbonyl (C=O) groups excluding carboxylic acids is 1. The summed E-state index contributed by atoms with van der Waals surface area (Å²) >= 11 is 0. The molecule has 0 saturated carbocycles. The van der Waals surface area contributed by atoms with Crippen molar-refractivity contribution >= 4 is 24.0 Å². The number of anilines is 1. The number of amides is 1. The molecule has 1 aromatic carbocycles. The van der Waals surface area contributed by atoms with E-state index in [4.69, 9.17) is 9.47 Å². The Hall–Kier alpha value is -1.54. The van der Waals surface area contributed by atoms with Crippen molar-refractivity contribution in [1.82, 2.24) is 5.32 Å². The predicted octanol–water partition coefficient (Wildman–Crippen LogP) is 1.19. The number of benzene rings is 1. The van der Waals surface area contributed by atoms with Crippen molar-refractivity contribution in [1.29, 1.82) is 0 Å². The summed E-state index contributed by atoms with van der Waals surface area (Å²) < 4.78 is 10.7. The van der Waals surface area contributed by atoms with Gasteiger partial charge in [0.2, 0.25) is 0 Å². The number of nitrogens with one attached hydrogen (secondary N) is 2. The molecule has 1 aliphatic heterocycles. The Morgan fingerprint density at radius 1 is 1.48 bits per heavy atom. The summed E-state index contributed by atoms with van der Waals surface area (Å²) in [6.45, 7) is 3.69. The number of ether oxygens (including phenoxy) is 2. The smallest absolute Gasteiger partial charge is 0.262 e. The van der Waals surface area contributed by atoms with Crippen LogP contribution in [0.2, 0.25) is 0 Å². The SMILES string of the molecule is CCOCCCNC(CO)c1cc(O)cc2c1OCC(=O)N2.Cl. The van der Waals surface area contributed by atoms with E-state index in [-0.39, 0.29) is 37.3 Å². The number of rotatable bonds is 8. The summed E-state index contributed by atoms with van der Waals surface area (Å²) in [6, 6.07) is 2.57. The lowest BCUT2D eigenvalue weighted by atomic mass is 10.0. The number of fused-ring (bicyclic) bond motifs is 1. The Balaban J connectivity index is 0.00000264. The molecule has 0 aromatic heterocycles. The molecule has 0 saturated heterocycles. The quantitative estimate of drug-likeness (QED) is 0.528. The molecule has 130 valence electrons. The van der Waals surface area contributed by atoms with E-state index < -0.39 is 6.04 Å². The normalized spacial score (nSPS) is 14.3. The molecule has 1 amide bonds. The highest BCUT2D eigenvalue weighted by Gasteiger charge is 2.24. The maximum Gasteiger partial charge on any atom is 0.262 e. The fraction of sp³-hybridized carbons (Fsp3) is 0.533. The molecule has 7 nitrogen and oxygen atoms in total. The van der Waals surface area contributed by atoms with Gasteiger partial charge in [0.1, 0.15) is 11.5 Å². The summed E-state index contributed by atoms with van der Waals surface area (Å²) in [7, 11) is 0. The third kappa shape index (κ3) is 5.24. The number of aromatic hydroxyl groups is 1. The zero-order valence-corrected chi connectivity index (χ0v) is 13.8. The van der Waals surface area contributed by atoms with Gasteiger partial charge in [-0.2, -0.15) is 0 Å². The minimum atomic E-state index is -0.391. The van der Waals surface area contributed by atoms with E-state index in [0.29, 0.717) is 36.8 Å². The van der Waals surface area contributed by atoms with Crippen molar-refractivity contribution in [2.24, 2.45) is 0 Å². The molecule has 1 aliphatic rings. The molecule has 23 heavy (non-hydrogen) atoms. The van der Waals surface area contributed by atoms with Crippen LogP contribution in [0.25, 0.3) is 0 Å². The van der Waals surface area contributed by atoms with Gasteiger partial charge in [0.25, 0.3) is 5.91 Å². The van der Waals surface area contributed by atoms with Gasteiger partial charge in [0, 0.05) is 24.8 Å². The van der Waals surface area contributed by atoms with E-state index in [9.17, 15) is 15.0 Å². The first kappa shape index (κ1) is 19.5. The number of hydrogen-bond acceptors (Lipinski definition) is 6. The van der Waals surface area contributed by atoms with Crippen molar-refractivity contribution in [3.8, 4) is 11.5 Å². The van der Waals surface area contributed by atoms with Crippen LogP contribution < -0.4 is 15.4 Å². The number of halogens is 1. The maximum absolute atomic E-state index is 11.4. The maximum atomic E-state index is 11.4. The van der Waals surface area contributed by atoms with E-state index >= 15 is 0 Å². The zero-order valence-electron chi connectivity index (χ0n) is 13.0. The highest BCUT2D eigenvalue weighted by Crippen LogP contribution is 2.38. The van der Waals surface area contributed by atoms with Crippen molar-refractivity contribution < 1.29 is 24.5 Å². The van der Waals surface area contributed by atoms with Crippen LogP contribution in [0.1, 0.15) is 24.9 Å². The number of aliphatic hydroxyl groups is 1. The van der Waals surface area contributed by atoms with Crippen LogP contribution in [0.5, 0.6) is 11.5 Å². The standard InChI is InChI=1S/C15H22N2O5.ClH/c1-2-21-5-3-4-16-13(8-18)11-6-10(19)7-12-15(11)22-9-14(20)17-12;/h6-7,13,16,18-19H,2-5,8-9H2,1H3,(H,17,20);1H. The highest BCUT2D eigenvalue weighted by molar-refractivity contribution is 5.96. The molecule has 0 fully saturated rings. The van der Waals surface area contributed by atoms with Crippen LogP contribution in [0.4, 0.5) is 5.69 Å². The Kier molecular flexibility index (Phi) is 8.11. The molecule has 8 heteroatoms. The molecule has 2 rings (SSSR count). The first-order valence-electron chi connectivity index (χ1n) is 7.37. The van der Waals surface area contributed by atoms with E-state index in [2.05, 4.69) is 10.6 Å². The third-order valence-corrected chi connectivity index (χ3v) is 3.34. The van der Waals surface area contributed by atoms with Crippen LogP contribution in [0.15, 0.2) is 12.1 Å². The number of phenolic OH excluding ortho intramolecular Hbond substituents is 1. The van der Waals surface area contributed by atoms with Crippen LogP contribution in [-0.2, 0) is 9.53 Å². The summed E-state index contributed by atoms with van der Waals surface area (Å²) in [6.07, 6.45) is 0.808. The molecule has 1 unspecified atom stereocenters. The lowest BCUT2D eigenvalue weighted by molar-refractivity contribution is -0.118. The van der Waals surface area contributed by atoms with Crippen LogP contribution in [0, 0.1) is 0 Å². The molecule has 4 N–H and O–H groups in total. The lowest BCUT2D eigenvalue weighted by Gasteiger charge is -2.25. The van der Waals surface area contributed by atoms with Crippen molar-refractivity contribution in [3.05, 3.63) is 17.7 Å². The molecule has 0 radical (unpaired) electrons. The first-order chi connectivity index (χ1) is 10.7. The van der Waals surface area contributed by atoms with Gasteiger partial charge < -0.3 is 30.3 Å². The minimum Gasteiger partial charge on any atom is -0.508 e. The van der Waals surface area contributed by atoms with Gasteiger partial charge in [-0.25, -0.2) is 0 Å². The fourth-order valence-corrected chi connectivity index (χ4v) is 2.34. The Labute approximate surface area is 141 Å². The summed E-state index contributed by atoms with van der Waals surface area (Å²) in [4.78, 5) is 11.4. The number of hydrogen-bond donors (Lipinski definition) is 4. The molecular formula is C15H23ClN2O5. The van der Waals surface area contributed by atoms with Crippen LogP contribution in [-0.4, -0.2) is 49.1 Å². The summed E-state index contributed by atoms with van der Waals surface area (Å²) in [5, 5.41) is 25.3. The molecule has 0 bridgehead atoms. The van der Waals surface area contributed by atoms with Crippen molar-refractivity contribution in [3.63, 3.8) is 0 Å². The van der Waals surface area contributed by atoms with E-state index in [1.54, 1.807) is 0 Å². The van der Waals surface area contributed by atoms with Gasteiger partial charge in [-0.1, -0.05) is 0 Å². The van der Waals surface area contributed by atoms with Gasteiger partial charge in [0.15, 0.2) is 6.61 Å². The van der Waals surface area contributed by atoms with Crippen LogP contribution in [0.3, 0.4) is 0 Å². The Morgan fingerprint density at radius 2 is 2.26 bits per heavy atom. The predicted molar refractivity (Wildman–Crippen MR) is 88.4 cm³/mol. The second kappa shape index (κ2) is 9.57. The van der Waals surface area contributed by atoms with Gasteiger partial charge in [-0.3, -0.25) is 4.79 Å². The summed E-state index contributed by atoms with van der Waals surface area (Å²) in [5.41, 5.74) is 1.04. The number of carbonyl (C=O) groups is 1. The van der Waals surface area contributed by atoms with E-state index in [1.807, 2.05) is 6.92 Å². The molecule has 0 aliphatic carbocycles. The molecule has 1 atom stereocenters. The van der Waals surface area contributed by atoms with Gasteiger partial charge in [0.05, 0.1) is 18.3 Å². The average Bonchev–Trinajstić information content (AvgIpc) is 2.50. The summed E-state index contributed by atoms with van der Waals surface area (Å²) in [5.74, 6) is 0.220. The monoisotopic (exact) mass is 346 g/mol. The number of phenols is 1. The molecule has 1 aromatic rings. The zero-order chi connectivity index (χ0) is 15.9. The fourth-order valence-electron chi connectivity index (χ4n) is 2.34. The van der Waals surface area contributed by atoms with E-state index in [0.717, 1.165) is 6.42 Å².